The zero-order chi connectivity index (χ0) is 10.1. The Balaban J connectivity index is 2.89. The number of hydrogen-bond donors (Lipinski definition) is 0. The summed E-state index contributed by atoms with van der Waals surface area (Å²) >= 11 is 2.44. The Bertz CT molecular complexity index is 581. The summed E-state index contributed by atoms with van der Waals surface area (Å²) in [5.41, 5.74) is 0. The topological polar surface area (TPSA) is 71.4 Å². The normalized spacial score (nSPS) is 9.21. The van der Waals surface area contributed by atoms with Gasteiger partial charge >= 0.3 is 0 Å². The molecule has 0 saturated heterocycles. The highest BCUT2D eigenvalue weighted by Crippen LogP contribution is 2.36. The molecule has 2 aromatic rings. The van der Waals surface area contributed by atoms with Gasteiger partial charge in [-0.25, -0.2) is 0 Å². The van der Waals surface area contributed by atoms with Gasteiger partial charge < -0.3 is 0 Å². The van der Waals surface area contributed by atoms with Crippen LogP contribution in [0.3, 0.4) is 0 Å². The first-order chi connectivity index (χ1) is 6.80. The van der Waals surface area contributed by atoms with Gasteiger partial charge in [0.1, 0.15) is 32.8 Å². The van der Waals surface area contributed by atoms with Gasteiger partial charge in [-0.1, -0.05) is 0 Å². The fourth-order valence-corrected chi connectivity index (χ4v) is 3.08. The number of nitrogens with zero attached hydrogens (tertiary/aromatic N) is 3. The van der Waals surface area contributed by atoms with Crippen LogP contribution in [0.1, 0.15) is 14.6 Å². The van der Waals surface area contributed by atoms with Crippen molar-refractivity contribution in [2.24, 2.45) is 0 Å². The van der Waals surface area contributed by atoms with E-state index in [0.717, 1.165) is 10.1 Å². The van der Waals surface area contributed by atoms with Crippen LogP contribution in [0.4, 0.5) is 0 Å². The summed E-state index contributed by atoms with van der Waals surface area (Å²) in [5.74, 6) is 0. The average Bonchev–Trinajstić information content (AvgIpc) is 2.74. The molecule has 0 unspecified atom stereocenters. The Labute approximate surface area is 87.7 Å². The van der Waals surface area contributed by atoms with E-state index in [1.807, 2.05) is 18.2 Å². The SMILES string of the molecule is N#Cc1cc2c(C#N)sc(C#N)c2s1. The Kier molecular flexibility index (Phi) is 1.94. The maximum absolute atomic E-state index is 8.80. The number of hydrogen-bond acceptors (Lipinski definition) is 5. The summed E-state index contributed by atoms with van der Waals surface area (Å²) in [6.07, 6.45) is 0. The third-order valence-electron chi connectivity index (χ3n) is 1.70. The van der Waals surface area contributed by atoms with E-state index in [0.29, 0.717) is 14.6 Å². The molecule has 3 nitrogen and oxygen atoms in total. The van der Waals surface area contributed by atoms with Crippen molar-refractivity contribution in [1.29, 1.82) is 15.8 Å². The van der Waals surface area contributed by atoms with Gasteiger partial charge in [0.25, 0.3) is 0 Å². The second-order valence-electron chi connectivity index (χ2n) is 2.45. The molecule has 14 heavy (non-hydrogen) atoms. The van der Waals surface area contributed by atoms with Crippen LogP contribution < -0.4 is 0 Å². The first kappa shape index (κ1) is 8.72. The van der Waals surface area contributed by atoms with Crippen molar-refractivity contribution in [3.05, 3.63) is 20.7 Å². The van der Waals surface area contributed by atoms with Crippen molar-refractivity contribution in [3.63, 3.8) is 0 Å². The molecule has 0 N–H and O–H groups in total. The number of fused-ring (bicyclic) bond motifs is 1. The third kappa shape index (κ3) is 1.07. The summed E-state index contributed by atoms with van der Waals surface area (Å²) in [5, 5.41) is 27.0. The van der Waals surface area contributed by atoms with Crippen LogP contribution in [0.15, 0.2) is 6.07 Å². The molecule has 0 spiro atoms. The van der Waals surface area contributed by atoms with Gasteiger partial charge in [-0.05, 0) is 6.07 Å². The Hall–Kier alpha value is -1.87. The highest BCUT2D eigenvalue weighted by Gasteiger charge is 2.14. The van der Waals surface area contributed by atoms with E-state index in [4.69, 9.17) is 15.8 Å². The lowest BCUT2D eigenvalue weighted by Crippen LogP contribution is -1.60. The summed E-state index contributed by atoms with van der Waals surface area (Å²) in [4.78, 5) is 1.56. The van der Waals surface area contributed by atoms with E-state index in [1.165, 1.54) is 22.7 Å². The largest absolute Gasteiger partial charge is 0.192 e. The van der Waals surface area contributed by atoms with Gasteiger partial charge in [0.05, 0.1) is 4.70 Å². The zero-order valence-corrected chi connectivity index (χ0v) is 8.37. The predicted molar refractivity (Wildman–Crippen MR) is 53.8 cm³/mol. The minimum absolute atomic E-state index is 0.509. The van der Waals surface area contributed by atoms with Crippen LogP contribution in [0.5, 0.6) is 0 Å². The van der Waals surface area contributed by atoms with E-state index in [-0.39, 0.29) is 0 Å². The molecule has 0 aliphatic carbocycles. The molecule has 0 aromatic carbocycles. The summed E-state index contributed by atoms with van der Waals surface area (Å²) < 4.78 is 0.755. The molecule has 64 valence electrons. The minimum atomic E-state index is 0.509. The molecule has 2 heterocycles. The van der Waals surface area contributed by atoms with E-state index < -0.39 is 0 Å². The van der Waals surface area contributed by atoms with Crippen LogP contribution in [0, 0.1) is 34.0 Å². The first-order valence-electron chi connectivity index (χ1n) is 3.56. The van der Waals surface area contributed by atoms with Crippen molar-refractivity contribution in [2.45, 2.75) is 0 Å². The second kappa shape index (κ2) is 3.12. The molecule has 0 amide bonds. The molecule has 0 atom stereocenters. The molecule has 0 radical (unpaired) electrons. The van der Waals surface area contributed by atoms with Gasteiger partial charge in [0.15, 0.2) is 0 Å². The lowest BCUT2D eigenvalue weighted by atomic mass is 10.3. The van der Waals surface area contributed by atoms with E-state index in [2.05, 4.69) is 0 Å². The quantitative estimate of drug-likeness (QED) is 0.678. The molecule has 0 aliphatic rings. The van der Waals surface area contributed by atoms with Gasteiger partial charge in [-0.3, -0.25) is 0 Å². The van der Waals surface area contributed by atoms with Crippen LogP contribution in [-0.2, 0) is 0 Å². The molecule has 2 aromatic heterocycles. The fourth-order valence-electron chi connectivity index (χ4n) is 1.14. The third-order valence-corrected chi connectivity index (χ3v) is 3.90. The van der Waals surface area contributed by atoms with Gasteiger partial charge in [-0.15, -0.1) is 22.7 Å². The molecular formula is C9HN3S2. The maximum Gasteiger partial charge on any atom is 0.124 e. The van der Waals surface area contributed by atoms with Crippen molar-refractivity contribution in [3.8, 4) is 18.2 Å². The Morgan fingerprint density at radius 2 is 1.64 bits per heavy atom. The monoisotopic (exact) mass is 215 g/mol. The second-order valence-corrected chi connectivity index (χ2v) is 4.52. The van der Waals surface area contributed by atoms with Gasteiger partial charge in [0, 0.05) is 5.39 Å². The minimum Gasteiger partial charge on any atom is -0.192 e. The van der Waals surface area contributed by atoms with E-state index in [1.54, 1.807) is 6.07 Å². The highest BCUT2D eigenvalue weighted by atomic mass is 32.1. The van der Waals surface area contributed by atoms with E-state index in [9.17, 15) is 0 Å². The number of nitriles is 3. The Morgan fingerprint density at radius 1 is 0.929 bits per heavy atom. The van der Waals surface area contributed by atoms with Crippen LogP contribution in [0.2, 0.25) is 0 Å². The number of thiophene rings is 2. The molecule has 0 fully saturated rings. The smallest absolute Gasteiger partial charge is 0.124 e. The van der Waals surface area contributed by atoms with Crippen molar-refractivity contribution in [1.82, 2.24) is 0 Å². The molecule has 5 heteroatoms. The van der Waals surface area contributed by atoms with Crippen molar-refractivity contribution >= 4 is 32.8 Å². The highest BCUT2D eigenvalue weighted by molar-refractivity contribution is 7.25. The maximum atomic E-state index is 8.80. The molecule has 2 rings (SSSR count). The van der Waals surface area contributed by atoms with Crippen LogP contribution in [-0.4, -0.2) is 0 Å². The lowest BCUT2D eigenvalue weighted by Gasteiger charge is -1.75. The predicted octanol–water partition coefficient (Wildman–Crippen LogP) is 2.58. The summed E-state index contributed by atoms with van der Waals surface area (Å²) in [7, 11) is 0. The average molecular weight is 215 g/mol. The van der Waals surface area contributed by atoms with Crippen molar-refractivity contribution < 1.29 is 0 Å². The van der Waals surface area contributed by atoms with Crippen LogP contribution >= 0.6 is 22.7 Å². The zero-order valence-electron chi connectivity index (χ0n) is 6.74. The standard InChI is InChI=1S/C9HN3S2/c10-2-5-1-6-7(3-11)14-8(4-12)9(6)13-5/h1H. The molecule has 0 saturated carbocycles. The Morgan fingerprint density at radius 3 is 2.21 bits per heavy atom. The van der Waals surface area contributed by atoms with Crippen molar-refractivity contribution in [2.75, 3.05) is 0 Å². The summed E-state index contributed by atoms with van der Waals surface area (Å²) in [6, 6.07) is 7.73. The van der Waals surface area contributed by atoms with Gasteiger partial charge in [0.2, 0.25) is 0 Å². The fraction of sp³-hybridized carbons (Fsp3) is 0. The number of rotatable bonds is 0. The molecule has 0 aliphatic heterocycles. The lowest BCUT2D eigenvalue weighted by molar-refractivity contribution is 1.52. The van der Waals surface area contributed by atoms with Gasteiger partial charge in [-0.2, -0.15) is 15.8 Å². The van der Waals surface area contributed by atoms with Crippen LogP contribution in [0.25, 0.3) is 10.1 Å². The summed E-state index contributed by atoms with van der Waals surface area (Å²) in [6.45, 7) is 0. The molecule has 0 bridgehead atoms. The van der Waals surface area contributed by atoms with E-state index >= 15 is 0 Å². The molecular weight excluding hydrogens is 214 g/mol. The first-order valence-corrected chi connectivity index (χ1v) is 5.20.